The van der Waals surface area contributed by atoms with E-state index in [0.717, 1.165) is 13.1 Å². The van der Waals surface area contributed by atoms with Crippen LogP contribution in [0.5, 0.6) is 0 Å². The van der Waals surface area contributed by atoms with Gasteiger partial charge in [-0.2, -0.15) is 0 Å². The highest BCUT2D eigenvalue weighted by Gasteiger charge is 2.24. The first-order valence-electron chi connectivity index (χ1n) is 9.04. The fourth-order valence-corrected chi connectivity index (χ4v) is 4.36. The predicted octanol–water partition coefficient (Wildman–Crippen LogP) is 4.07. The molecule has 1 aliphatic heterocycles. The van der Waals surface area contributed by atoms with Gasteiger partial charge < -0.3 is 4.74 Å². The van der Waals surface area contributed by atoms with Crippen LogP contribution in [-0.4, -0.2) is 55.2 Å². The Balaban J connectivity index is 1.65. The standard InChI is InChI=1S/C20H19ClFN3O2S/c21-16-4-2-1-3-15(16)19(26)25(8-7-24-9-11-27-12-10-24)20-23-17-6-5-14(22)13-18(17)28-20/h1-6,13H,7-12H2. The molecule has 5 nitrogen and oxygen atoms in total. The van der Waals surface area contributed by atoms with Crippen molar-refractivity contribution in [2.24, 2.45) is 0 Å². The summed E-state index contributed by atoms with van der Waals surface area (Å²) in [5.74, 6) is -0.529. The van der Waals surface area contributed by atoms with Crippen molar-refractivity contribution >= 4 is 44.2 Å². The number of carbonyl (C=O) groups excluding carboxylic acids is 1. The smallest absolute Gasteiger partial charge is 0.261 e. The summed E-state index contributed by atoms with van der Waals surface area (Å²) in [5.41, 5.74) is 1.10. The number of fused-ring (bicyclic) bond motifs is 1. The highest BCUT2D eigenvalue weighted by molar-refractivity contribution is 7.22. The summed E-state index contributed by atoms with van der Waals surface area (Å²) in [4.78, 5) is 21.7. The normalized spacial score (nSPS) is 15.1. The van der Waals surface area contributed by atoms with E-state index in [1.807, 2.05) is 0 Å². The molecule has 146 valence electrons. The number of hydrogen-bond donors (Lipinski definition) is 0. The summed E-state index contributed by atoms with van der Waals surface area (Å²) in [6, 6.07) is 11.4. The largest absolute Gasteiger partial charge is 0.379 e. The number of hydrogen-bond acceptors (Lipinski definition) is 5. The summed E-state index contributed by atoms with van der Waals surface area (Å²) in [6.07, 6.45) is 0. The van der Waals surface area contributed by atoms with Crippen LogP contribution in [0.3, 0.4) is 0 Å². The number of anilines is 1. The number of ether oxygens (including phenoxy) is 1. The topological polar surface area (TPSA) is 45.7 Å². The Morgan fingerprint density at radius 1 is 1.25 bits per heavy atom. The van der Waals surface area contributed by atoms with Crippen molar-refractivity contribution in [3.63, 3.8) is 0 Å². The highest BCUT2D eigenvalue weighted by atomic mass is 35.5. The molecule has 1 saturated heterocycles. The number of thiazole rings is 1. The fourth-order valence-electron chi connectivity index (χ4n) is 3.13. The molecule has 0 bridgehead atoms. The Labute approximate surface area is 171 Å². The van der Waals surface area contributed by atoms with Crippen molar-refractivity contribution < 1.29 is 13.9 Å². The second-order valence-corrected chi connectivity index (χ2v) is 7.92. The molecule has 0 spiro atoms. The number of halogens is 2. The number of benzene rings is 2. The van der Waals surface area contributed by atoms with Gasteiger partial charge >= 0.3 is 0 Å². The van der Waals surface area contributed by atoms with Gasteiger partial charge in [-0.1, -0.05) is 35.1 Å². The number of nitrogens with zero attached hydrogens (tertiary/aromatic N) is 3. The first-order valence-corrected chi connectivity index (χ1v) is 10.2. The molecular weight excluding hydrogens is 401 g/mol. The molecule has 0 radical (unpaired) electrons. The second kappa shape index (κ2) is 8.53. The van der Waals surface area contributed by atoms with Crippen LogP contribution in [0.25, 0.3) is 10.2 Å². The average Bonchev–Trinajstić information content (AvgIpc) is 3.12. The Morgan fingerprint density at radius 2 is 2.04 bits per heavy atom. The van der Waals surface area contributed by atoms with E-state index < -0.39 is 0 Å². The van der Waals surface area contributed by atoms with Crippen LogP contribution in [0.15, 0.2) is 42.5 Å². The van der Waals surface area contributed by atoms with Crippen LogP contribution in [0.1, 0.15) is 10.4 Å². The maximum absolute atomic E-state index is 13.6. The first-order chi connectivity index (χ1) is 13.6. The van der Waals surface area contributed by atoms with Crippen LogP contribution in [0.2, 0.25) is 5.02 Å². The maximum atomic E-state index is 13.6. The Kier molecular flexibility index (Phi) is 5.87. The minimum Gasteiger partial charge on any atom is -0.379 e. The lowest BCUT2D eigenvalue weighted by Gasteiger charge is -2.29. The molecular formula is C20H19ClFN3O2S. The van der Waals surface area contributed by atoms with Crippen molar-refractivity contribution in [2.75, 3.05) is 44.3 Å². The van der Waals surface area contributed by atoms with Gasteiger partial charge in [0, 0.05) is 26.2 Å². The third kappa shape index (κ3) is 4.17. The molecule has 0 saturated carbocycles. The molecule has 1 aromatic heterocycles. The van der Waals surface area contributed by atoms with Crippen LogP contribution in [0.4, 0.5) is 9.52 Å². The van der Waals surface area contributed by atoms with E-state index in [2.05, 4.69) is 9.88 Å². The van der Waals surface area contributed by atoms with Crippen LogP contribution in [0, 0.1) is 5.82 Å². The van der Waals surface area contributed by atoms with Crippen LogP contribution >= 0.6 is 22.9 Å². The molecule has 4 rings (SSSR count). The van der Waals surface area contributed by atoms with Crippen LogP contribution in [-0.2, 0) is 4.74 Å². The molecule has 1 amide bonds. The van der Waals surface area contributed by atoms with Crippen molar-refractivity contribution in [2.45, 2.75) is 0 Å². The van der Waals surface area contributed by atoms with E-state index in [9.17, 15) is 9.18 Å². The SMILES string of the molecule is O=C(c1ccccc1Cl)N(CCN1CCOCC1)c1nc2ccc(F)cc2s1. The molecule has 0 unspecified atom stereocenters. The van der Waals surface area contributed by atoms with Crippen molar-refractivity contribution in [3.05, 3.63) is 58.9 Å². The lowest BCUT2D eigenvalue weighted by Crippen LogP contribution is -2.43. The minimum absolute atomic E-state index is 0.210. The zero-order valence-corrected chi connectivity index (χ0v) is 16.7. The van der Waals surface area contributed by atoms with E-state index in [1.54, 1.807) is 35.2 Å². The maximum Gasteiger partial charge on any atom is 0.261 e. The molecule has 0 N–H and O–H groups in total. The quantitative estimate of drug-likeness (QED) is 0.625. The van der Waals surface area contributed by atoms with Gasteiger partial charge in [0.05, 0.1) is 34.0 Å². The fraction of sp³-hybridized carbons (Fsp3) is 0.300. The van der Waals surface area contributed by atoms with Gasteiger partial charge in [-0.25, -0.2) is 9.37 Å². The van der Waals surface area contributed by atoms with Gasteiger partial charge in [-0.15, -0.1) is 0 Å². The van der Waals surface area contributed by atoms with Gasteiger partial charge in [0.1, 0.15) is 5.82 Å². The highest BCUT2D eigenvalue weighted by Crippen LogP contribution is 2.31. The first kappa shape index (κ1) is 19.3. The number of aromatic nitrogens is 1. The van der Waals surface area contributed by atoms with Gasteiger partial charge in [-0.3, -0.25) is 14.6 Å². The molecule has 0 aliphatic carbocycles. The number of morpholine rings is 1. The molecule has 3 aromatic rings. The summed E-state index contributed by atoms with van der Waals surface area (Å²) in [5, 5.41) is 0.940. The molecule has 8 heteroatoms. The Hall–Kier alpha value is -2.06. The number of amides is 1. The van der Waals surface area contributed by atoms with E-state index >= 15 is 0 Å². The summed E-state index contributed by atoms with van der Waals surface area (Å²) in [6.45, 7) is 4.21. The van der Waals surface area contributed by atoms with Gasteiger partial charge in [0.2, 0.25) is 0 Å². The summed E-state index contributed by atoms with van der Waals surface area (Å²) >= 11 is 7.56. The molecule has 28 heavy (non-hydrogen) atoms. The third-order valence-electron chi connectivity index (χ3n) is 4.66. The monoisotopic (exact) mass is 419 g/mol. The van der Waals surface area contributed by atoms with E-state index in [-0.39, 0.29) is 11.7 Å². The third-order valence-corrected chi connectivity index (χ3v) is 6.03. The molecule has 2 heterocycles. The van der Waals surface area contributed by atoms with E-state index in [4.69, 9.17) is 16.3 Å². The van der Waals surface area contributed by atoms with Crippen LogP contribution < -0.4 is 4.90 Å². The molecule has 2 aromatic carbocycles. The lowest BCUT2D eigenvalue weighted by atomic mass is 10.2. The van der Waals surface area contributed by atoms with Gasteiger partial charge in [0.25, 0.3) is 5.91 Å². The number of rotatable bonds is 5. The van der Waals surface area contributed by atoms with Crippen molar-refractivity contribution in [1.29, 1.82) is 0 Å². The summed E-state index contributed by atoms with van der Waals surface area (Å²) in [7, 11) is 0. The molecule has 0 atom stereocenters. The van der Waals surface area contributed by atoms with Gasteiger partial charge in [-0.05, 0) is 30.3 Å². The minimum atomic E-state index is -0.319. The number of carbonyl (C=O) groups is 1. The van der Waals surface area contributed by atoms with Crippen molar-refractivity contribution in [1.82, 2.24) is 9.88 Å². The summed E-state index contributed by atoms with van der Waals surface area (Å²) < 4.78 is 19.7. The second-order valence-electron chi connectivity index (χ2n) is 6.50. The Bertz CT molecular complexity index is 990. The van der Waals surface area contributed by atoms with E-state index in [0.29, 0.717) is 52.2 Å². The zero-order valence-electron chi connectivity index (χ0n) is 15.1. The van der Waals surface area contributed by atoms with Gasteiger partial charge in [0.15, 0.2) is 5.13 Å². The Morgan fingerprint density at radius 3 is 2.82 bits per heavy atom. The van der Waals surface area contributed by atoms with Crippen molar-refractivity contribution in [3.8, 4) is 0 Å². The van der Waals surface area contributed by atoms with E-state index in [1.165, 1.54) is 23.5 Å². The molecule has 1 fully saturated rings. The predicted molar refractivity (Wildman–Crippen MR) is 110 cm³/mol. The average molecular weight is 420 g/mol. The zero-order chi connectivity index (χ0) is 19.5. The molecule has 1 aliphatic rings. The lowest BCUT2D eigenvalue weighted by molar-refractivity contribution is 0.0391.